The monoisotopic (exact) mass is 1570 g/mol. The number of nitrogens with zero attached hydrogens (tertiary/aromatic N) is 6. The third kappa shape index (κ3) is 19.3. The second kappa shape index (κ2) is 33.4. The van der Waals surface area contributed by atoms with Gasteiger partial charge in [0.2, 0.25) is 11.9 Å². The zero-order chi connectivity index (χ0) is 77.5. The number of ether oxygens (including phenoxy) is 5. The molecule has 29 nitrogen and oxygen atoms in total. The van der Waals surface area contributed by atoms with Crippen molar-refractivity contribution in [2.75, 3.05) is 44.6 Å². The Labute approximate surface area is 622 Å². The van der Waals surface area contributed by atoms with E-state index in [2.05, 4.69) is 40.4 Å². The summed E-state index contributed by atoms with van der Waals surface area (Å²) >= 11 is 17.9. The summed E-state index contributed by atoms with van der Waals surface area (Å²) in [7, 11) is -2.85. The molecule has 2 fully saturated rings. The number of imidazole rings is 2. The van der Waals surface area contributed by atoms with Gasteiger partial charge in [-0.3, -0.25) is 42.8 Å². The molecule has 9 aromatic rings. The second-order valence-electron chi connectivity index (χ2n) is 27.7. The molecule has 36 heteroatoms. The number of fused-ring (bicyclic) bond motifs is 2. The number of nitrogens with two attached hydrogens (primary N) is 1. The number of esters is 2. The molecule has 2 aliphatic rings. The van der Waals surface area contributed by atoms with Gasteiger partial charge < -0.3 is 59.1 Å². The van der Waals surface area contributed by atoms with Gasteiger partial charge in [0.05, 0.1) is 56.2 Å². The van der Waals surface area contributed by atoms with E-state index in [0.29, 0.717) is 5.75 Å². The van der Waals surface area contributed by atoms with Crippen molar-refractivity contribution >= 4 is 95.2 Å². The normalized spacial score (nSPS) is 22.0. The van der Waals surface area contributed by atoms with E-state index < -0.39 is 117 Å². The minimum absolute atomic E-state index is 0.0164. The van der Waals surface area contributed by atoms with Crippen LogP contribution in [0.3, 0.4) is 0 Å². The van der Waals surface area contributed by atoms with Crippen molar-refractivity contribution in [2.45, 2.75) is 135 Å². The number of halogens is 5. The summed E-state index contributed by atoms with van der Waals surface area (Å²) in [6.07, 6.45) is -6.98. The number of methoxy groups -OCH3 is 1. The number of nitrogens with one attached hydrogen (secondary N) is 5. The lowest BCUT2D eigenvalue weighted by Crippen LogP contribution is -2.42. The first-order valence-electron chi connectivity index (χ1n) is 33.0. The predicted octanol–water partition coefficient (Wildman–Crippen LogP) is 11.3. The van der Waals surface area contributed by atoms with E-state index in [0.717, 1.165) is 23.0 Å². The Balaban J connectivity index is 0.000000194. The van der Waals surface area contributed by atoms with Gasteiger partial charge >= 0.3 is 26.6 Å². The van der Waals surface area contributed by atoms with Gasteiger partial charge in [-0.2, -0.15) is 15.1 Å². The van der Waals surface area contributed by atoms with Crippen molar-refractivity contribution in [2.24, 2.45) is 10.8 Å². The minimum Gasteiger partial charge on any atom is -0.497 e. The van der Waals surface area contributed by atoms with Crippen LogP contribution in [0.2, 0.25) is 10.0 Å². The molecule has 2 saturated heterocycles. The first kappa shape index (κ1) is 81.7. The Bertz CT molecular complexity index is 4720. The van der Waals surface area contributed by atoms with Crippen molar-refractivity contribution in [1.29, 1.82) is 0 Å². The molecule has 0 bridgehead atoms. The molecule has 0 spiro atoms. The summed E-state index contributed by atoms with van der Waals surface area (Å²) < 4.78 is 103. The first-order chi connectivity index (χ1) is 49.8. The molecular weight excluding hydrogens is 1490 g/mol. The summed E-state index contributed by atoms with van der Waals surface area (Å²) in [5.74, 6) is -0.578. The number of para-hydroxylation sites is 2. The number of rotatable bonds is 24. The van der Waals surface area contributed by atoms with E-state index in [1.807, 2.05) is 126 Å². The number of carbonyl (C=O) groups is 2. The number of anilines is 2. The number of alkyl halides is 2. The fourth-order valence-electron chi connectivity index (χ4n) is 11.1. The predicted molar refractivity (Wildman–Crippen MR) is 393 cm³/mol. The van der Waals surface area contributed by atoms with Gasteiger partial charge in [0.1, 0.15) is 58.3 Å². The topological polar surface area (TPSA) is 392 Å². The average molecular weight is 1570 g/mol. The first-order valence-corrected chi connectivity index (χ1v) is 37.8. The van der Waals surface area contributed by atoms with E-state index in [-0.39, 0.29) is 79.8 Å². The van der Waals surface area contributed by atoms with Crippen molar-refractivity contribution < 1.29 is 80.1 Å². The molecule has 2 unspecified atom stereocenters. The van der Waals surface area contributed by atoms with E-state index in [1.54, 1.807) is 37.4 Å². The lowest BCUT2D eigenvalue weighted by Gasteiger charge is -2.37. The number of carbonyl (C=O) groups excluding carboxylic acids is 2. The number of nitrogen functional groups attached to an aromatic ring is 1. The zero-order valence-electron chi connectivity index (χ0n) is 59.4. The van der Waals surface area contributed by atoms with Crippen molar-refractivity contribution in [1.82, 2.24) is 49.2 Å². The third-order valence-electron chi connectivity index (χ3n) is 16.4. The molecule has 10 N–H and O–H groups in total. The third-order valence-corrected chi connectivity index (χ3v) is 20.3. The quantitative estimate of drug-likeness (QED) is 0.0154. The maximum atomic E-state index is 15.6. The summed E-state index contributed by atoms with van der Waals surface area (Å²) in [4.78, 5) is 71.9. The molecule has 2 aliphatic heterocycles. The molecule has 570 valence electrons. The maximum absolute atomic E-state index is 15.6. The van der Waals surface area contributed by atoms with Gasteiger partial charge in [0.25, 0.3) is 11.1 Å². The second-order valence-corrected chi connectivity index (χ2v) is 32.9. The van der Waals surface area contributed by atoms with E-state index in [9.17, 15) is 48.0 Å². The molecule has 11 rings (SSSR count). The van der Waals surface area contributed by atoms with E-state index >= 15 is 4.39 Å². The van der Waals surface area contributed by atoms with Crippen LogP contribution < -0.4 is 46.1 Å². The molecule has 0 aliphatic carbocycles. The molecule has 12 atom stereocenters. The largest absolute Gasteiger partial charge is 0.497 e. The number of aromatic amines is 2. The summed E-state index contributed by atoms with van der Waals surface area (Å²) in [5, 5.41) is 40.4. The highest BCUT2D eigenvalue weighted by Crippen LogP contribution is 2.52. The van der Waals surface area contributed by atoms with Gasteiger partial charge in [-0.15, -0.1) is 0 Å². The number of aliphatic hydroxyl groups excluding tert-OH is 1. The summed E-state index contributed by atoms with van der Waals surface area (Å²) in [6, 6.07) is 37.6. The zero-order valence-corrected chi connectivity index (χ0v) is 63.5. The highest BCUT2D eigenvalue weighted by molar-refractivity contribution is 7.84. The van der Waals surface area contributed by atoms with Crippen LogP contribution in [0.15, 0.2) is 156 Å². The molecule has 0 radical (unpaired) electrons. The van der Waals surface area contributed by atoms with Crippen LogP contribution in [0.25, 0.3) is 22.3 Å². The summed E-state index contributed by atoms with van der Waals surface area (Å²) in [6.45, 7) is 12.0. The van der Waals surface area contributed by atoms with Crippen LogP contribution >= 0.6 is 49.1 Å². The molecule has 106 heavy (non-hydrogen) atoms. The van der Waals surface area contributed by atoms with E-state index in [1.165, 1.54) is 61.4 Å². The van der Waals surface area contributed by atoms with Gasteiger partial charge in [-0.25, -0.2) is 33.0 Å². The van der Waals surface area contributed by atoms with Crippen molar-refractivity contribution in [3.8, 4) is 17.2 Å². The number of aliphatic hydroxyl groups is 3. The Morgan fingerprint density at radius 2 is 1.09 bits per heavy atom. The molecule has 5 aromatic carbocycles. The number of H-pyrrole nitrogens is 2. The number of hydrogen-bond acceptors (Lipinski definition) is 23. The van der Waals surface area contributed by atoms with Crippen molar-refractivity contribution in [3.05, 3.63) is 194 Å². The Kier molecular flexibility index (Phi) is 25.7. The molecular formula is C70H83Cl3F2N12O17P2. The molecule has 4 aromatic heterocycles. The van der Waals surface area contributed by atoms with Gasteiger partial charge in [-0.05, 0) is 91.6 Å². The number of hydrogen-bond donors (Lipinski definition) is 9. The number of aromatic nitrogens is 8. The van der Waals surface area contributed by atoms with Gasteiger partial charge in [0.15, 0.2) is 47.1 Å². The highest BCUT2D eigenvalue weighted by atomic mass is 35.7. The maximum Gasteiger partial charge on any atom is 0.459 e. The lowest BCUT2D eigenvalue weighted by molar-refractivity contribution is -0.148. The van der Waals surface area contributed by atoms with Gasteiger partial charge in [0, 0.05) is 11.2 Å². The Morgan fingerprint density at radius 3 is 1.57 bits per heavy atom. The smallest absolute Gasteiger partial charge is 0.459 e. The average Bonchev–Trinajstić information content (AvgIpc) is 1.26. The lowest BCUT2D eigenvalue weighted by atomic mass is 9.77. The van der Waals surface area contributed by atoms with Crippen LogP contribution in [0, 0.1) is 10.8 Å². The summed E-state index contributed by atoms with van der Waals surface area (Å²) in [5.41, 5.74) is 1.24. The highest BCUT2D eigenvalue weighted by Gasteiger charge is 2.57. The number of benzene rings is 5. The molecule has 0 amide bonds. The fourth-order valence-corrected chi connectivity index (χ4v) is 14.8. The minimum atomic E-state index is -4.45. The van der Waals surface area contributed by atoms with Crippen LogP contribution in [-0.4, -0.2) is 148 Å². The fraction of sp³-hybridized carbons (Fsp3) is 0.400. The standard InChI is InChI=1S/C31H30FN5O5.C25H33ClFN6O8P.C14H20Cl2NO4P/c1-30(40)25(32)23(17-38)42-28(30)37-18-33-24-26(37)34-29(35-27(24)39)36-31(19-9-5-3-6-10-19,20-11-7-4-8-12-20)21-13-15-22(41-2)16-14-21;1-13(21(35)38-11-24(2,3)4)32-42(37,41-15-9-7-6-8-14(15)26)39-10-16-18(27)25(5,36)22(40-16)33-12-29-17-19(33)30-23(28)31-20(17)34;1-10(13(18)20-9-14(2,3)4)17-22(16,19)21-12-8-6-5-7-11(12)15/h3-16,18,23,25,28,38,40H,17H2,1-2H3,(H2,34,35,36,39);6-9,12-13,16,18,22,36H,10-11H2,1-5H3,(H,32,37)(H3,28,30,31,34);5-8,10H,9H2,1-4H3,(H,17,19)/t23-,25-,28-,30-;13-,16+,18+,22+,25+,42?;10-,22?/m100/s1. The van der Waals surface area contributed by atoms with Crippen LogP contribution in [0.1, 0.15) is 98.4 Å². The van der Waals surface area contributed by atoms with Crippen LogP contribution in [-0.2, 0) is 47.7 Å². The molecule has 0 saturated carbocycles. The van der Waals surface area contributed by atoms with Crippen LogP contribution in [0.5, 0.6) is 17.2 Å². The van der Waals surface area contributed by atoms with Crippen LogP contribution in [0.4, 0.5) is 20.7 Å². The van der Waals surface area contributed by atoms with E-state index in [4.69, 9.17) is 82.4 Å². The Morgan fingerprint density at radius 1 is 0.660 bits per heavy atom. The SMILES string of the molecule is COc1ccc(C(Nc2nc3c(ncn3[C@@H]3O[C@H](CO)[C@@H](F)[C@@]3(C)O)c(=O)[nH]2)(c2ccccc2)c2ccccc2)cc1.C[C@H](NP(=O)(Cl)Oc1ccccc1Cl)C(=O)OCC(C)(C)C.C[C@H](NP(=O)(OC[C@H]1O[C@@H](n2cnc3c(=O)[nH]c(N)nc32)[C@](C)(O)[C@@H]1F)Oc1ccccc1Cl)C(=O)OCC(C)(C)C. The Hall–Kier alpha value is -8.39. The molecule has 6 heterocycles. The van der Waals surface area contributed by atoms with Gasteiger partial charge in [-0.1, -0.05) is 162 Å². The van der Waals surface area contributed by atoms with Crippen molar-refractivity contribution in [3.63, 3.8) is 0 Å².